The Kier molecular flexibility index (Phi) is 50.5. The molecule has 0 spiro atoms. The highest BCUT2D eigenvalue weighted by Crippen LogP contribution is 2.19. The third-order valence-electron chi connectivity index (χ3n) is 13.8. The van der Waals surface area contributed by atoms with E-state index in [1.54, 1.807) is 0 Å². The van der Waals surface area contributed by atoms with Gasteiger partial charge in [-0.25, -0.2) is 0 Å². The predicted molar refractivity (Wildman–Crippen MR) is 280 cm³/mol. The molecular weight excluding hydrogens is 805 g/mol. The summed E-state index contributed by atoms with van der Waals surface area (Å²) < 4.78 is 16.9. The minimum Gasteiger partial charge on any atom is -0.462 e. The lowest BCUT2D eigenvalue weighted by Crippen LogP contribution is -2.30. The van der Waals surface area contributed by atoms with Gasteiger partial charge in [-0.3, -0.25) is 14.4 Å². The molecule has 0 aromatic carbocycles. The van der Waals surface area contributed by atoms with Gasteiger partial charge in [0.15, 0.2) is 6.10 Å². The first kappa shape index (κ1) is 63.4. The Bertz CT molecular complexity index is 995. The van der Waals surface area contributed by atoms with Crippen LogP contribution in [0.1, 0.15) is 330 Å². The van der Waals surface area contributed by atoms with E-state index >= 15 is 0 Å². The molecule has 0 aliphatic rings. The Morgan fingerprint density at radius 1 is 0.323 bits per heavy atom. The van der Waals surface area contributed by atoms with E-state index in [4.69, 9.17) is 14.2 Å². The van der Waals surface area contributed by atoms with Gasteiger partial charge < -0.3 is 14.2 Å². The molecule has 0 aromatic rings. The van der Waals surface area contributed by atoms with Crippen LogP contribution in [0.4, 0.5) is 0 Å². The topological polar surface area (TPSA) is 78.9 Å². The van der Waals surface area contributed by atoms with Crippen LogP contribution >= 0.6 is 0 Å². The second-order valence-electron chi connectivity index (χ2n) is 21.0. The van der Waals surface area contributed by atoms with Crippen molar-refractivity contribution >= 4 is 17.9 Å². The Hall–Kier alpha value is -1.59. The van der Waals surface area contributed by atoms with Crippen molar-refractivity contribution in [2.45, 2.75) is 336 Å². The van der Waals surface area contributed by atoms with Crippen LogP contribution in [0.25, 0.3) is 0 Å². The highest BCUT2D eigenvalue weighted by atomic mass is 16.6. The normalized spacial score (nSPS) is 12.5. The number of carbonyl (C=O) groups is 3. The van der Waals surface area contributed by atoms with E-state index in [0.29, 0.717) is 19.3 Å². The molecule has 6 nitrogen and oxygen atoms in total. The third-order valence-corrected chi connectivity index (χ3v) is 13.8. The van der Waals surface area contributed by atoms with E-state index < -0.39 is 6.10 Å². The fourth-order valence-corrected chi connectivity index (χ4v) is 9.02. The number of unbranched alkanes of at least 4 members (excludes halogenated alkanes) is 37. The van der Waals surface area contributed by atoms with E-state index in [2.05, 4.69) is 34.6 Å². The average molecular weight is 920 g/mol. The van der Waals surface area contributed by atoms with Gasteiger partial charge in [-0.1, -0.05) is 291 Å². The van der Waals surface area contributed by atoms with Gasteiger partial charge in [0.1, 0.15) is 13.2 Å². The minimum atomic E-state index is -0.762. The zero-order chi connectivity index (χ0) is 47.5. The van der Waals surface area contributed by atoms with Crippen molar-refractivity contribution < 1.29 is 28.6 Å². The van der Waals surface area contributed by atoms with Crippen LogP contribution in [-0.2, 0) is 28.6 Å². The summed E-state index contributed by atoms with van der Waals surface area (Å²) in [6.45, 7) is 11.5. The first-order chi connectivity index (χ1) is 31.8. The second-order valence-corrected chi connectivity index (χ2v) is 21.0. The molecule has 6 heteroatoms. The van der Waals surface area contributed by atoms with Gasteiger partial charge in [-0.2, -0.15) is 0 Å². The van der Waals surface area contributed by atoms with E-state index in [1.165, 1.54) is 218 Å². The van der Waals surface area contributed by atoms with Crippen LogP contribution in [0.3, 0.4) is 0 Å². The number of hydrogen-bond acceptors (Lipinski definition) is 6. The quantitative estimate of drug-likeness (QED) is 0.0344. The zero-order valence-electron chi connectivity index (χ0n) is 44.6. The second kappa shape index (κ2) is 51.8. The molecule has 0 N–H and O–H groups in total. The molecule has 0 saturated carbocycles. The van der Waals surface area contributed by atoms with Gasteiger partial charge in [0.2, 0.25) is 0 Å². The first-order valence-electron chi connectivity index (χ1n) is 29.3. The third kappa shape index (κ3) is 51.6. The molecular formula is C59H114O6. The Morgan fingerprint density at radius 2 is 0.585 bits per heavy atom. The van der Waals surface area contributed by atoms with Crippen molar-refractivity contribution in [3.05, 3.63) is 0 Å². The number of rotatable bonds is 53. The number of hydrogen-bond donors (Lipinski definition) is 0. The Balaban J connectivity index is 4.26. The summed E-state index contributed by atoms with van der Waals surface area (Å²) in [4.78, 5) is 38.1. The highest BCUT2D eigenvalue weighted by Gasteiger charge is 2.19. The zero-order valence-corrected chi connectivity index (χ0v) is 44.6. The lowest BCUT2D eigenvalue weighted by atomic mass is 9.99. The maximum Gasteiger partial charge on any atom is 0.306 e. The van der Waals surface area contributed by atoms with E-state index in [0.717, 1.165) is 69.6 Å². The molecule has 0 aliphatic carbocycles. The van der Waals surface area contributed by atoms with E-state index in [9.17, 15) is 14.4 Å². The monoisotopic (exact) mass is 919 g/mol. The molecule has 65 heavy (non-hydrogen) atoms. The molecule has 0 radical (unpaired) electrons. The maximum atomic E-state index is 12.9. The summed E-state index contributed by atoms with van der Waals surface area (Å²) in [6.07, 6.45) is 55.1. The molecule has 0 fully saturated rings. The van der Waals surface area contributed by atoms with Crippen molar-refractivity contribution in [1.29, 1.82) is 0 Å². The predicted octanol–water partition coefficient (Wildman–Crippen LogP) is 19.3. The van der Waals surface area contributed by atoms with Crippen LogP contribution < -0.4 is 0 Å². The van der Waals surface area contributed by atoms with Crippen LogP contribution in [0.15, 0.2) is 0 Å². The smallest absolute Gasteiger partial charge is 0.306 e. The largest absolute Gasteiger partial charge is 0.462 e. The number of ether oxygens (including phenoxy) is 3. The summed E-state index contributed by atoms with van der Waals surface area (Å²) in [7, 11) is 0. The average Bonchev–Trinajstić information content (AvgIpc) is 3.29. The SMILES string of the molecule is CCCCCCCCCCCCCC(=O)OC[C@H](COC(=O)CCCCCCCCCCCCCCCCCC(C)C)OC(=O)CCCCCCCCCCCCCCCCC(C)CC. The van der Waals surface area contributed by atoms with Crippen molar-refractivity contribution in [3.8, 4) is 0 Å². The minimum absolute atomic E-state index is 0.0625. The van der Waals surface area contributed by atoms with Crippen LogP contribution in [0.2, 0.25) is 0 Å². The molecule has 0 aromatic heterocycles. The first-order valence-corrected chi connectivity index (χ1v) is 29.3. The van der Waals surface area contributed by atoms with Crippen LogP contribution in [-0.4, -0.2) is 37.2 Å². The molecule has 0 rings (SSSR count). The van der Waals surface area contributed by atoms with Gasteiger partial charge in [0.25, 0.3) is 0 Å². The number of carbonyl (C=O) groups excluding carboxylic acids is 3. The van der Waals surface area contributed by atoms with Gasteiger partial charge in [0, 0.05) is 19.3 Å². The molecule has 0 aliphatic heterocycles. The molecule has 0 amide bonds. The van der Waals surface area contributed by atoms with Crippen LogP contribution in [0.5, 0.6) is 0 Å². The lowest BCUT2D eigenvalue weighted by molar-refractivity contribution is -0.167. The summed E-state index contributed by atoms with van der Waals surface area (Å²) in [6, 6.07) is 0. The van der Waals surface area contributed by atoms with E-state index in [-0.39, 0.29) is 31.1 Å². The van der Waals surface area contributed by atoms with Crippen molar-refractivity contribution in [3.63, 3.8) is 0 Å². The summed E-state index contributed by atoms with van der Waals surface area (Å²) >= 11 is 0. The summed E-state index contributed by atoms with van der Waals surface area (Å²) in [5.41, 5.74) is 0. The lowest BCUT2D eigenvalue weighted by Gasteiger charge is -2.18. The fraction of sp³-hybridized carbons (Fsp3) is 0.949. The Morgan fingerprint density at radius 3 is 0.877 bits per heavy atom. The highest BCUT2D eigenvalue weighted by molar-refractivity contribution is 5.71. The van der Waals surface area contributed by atoms with Gasteiger partial charge in [-0.15, -0.1) is 0 Å². The number of esters is 3. The molecule has 386 valence electrons. The van der Waals surface area contributed by atoms with Crippen molar-refractivity contribution in [2.24, 2.45) is 11.8 Å². The molecule has 0 saturated heterocycles. The standard InChI is InChI=1S/C59H114O6/c1-6-8-9-10-11-12-22-29-34-39-44-49-57(60)63-52-56(65-59(62)51-46-41-36-31-26-21-17-16-19-24-28-33-38-43-48-55(5)7-2)53-64-58(61)50-45-40-35-30-25-20-15-13-14-18-23-27-32-37-42-47-54(3)4/h54-56H,6-53H2,1-5H3/t55?,56-/m1/s1. The van der Waals surface area contributed by atoms with Gasteiger partial charge in [0.05, 0.1) is 0 Å². The summed E-state index contributed by atoms with van der Waals surface area (Å²) in [5, 5.41) is 0. The molecule has 0 bridgehead atoms. The van der Waals surface area contributed by atoms with Gasteiger partial charge in [-0.05, 0) is 31.1 Å². The maximum absolute atomic E-state index is 12.9. The fourth-order valence-electron chi connectivity index (χ4n) is 9.02. The van der Waals surface area contributed by atoms with E-state index in [1.807, 2.05) is 0 Å². The molecule has 1 unspecified atom stereocenters. The van der Waals surface area contributed by atoms with Crippen molar-refractivity contribution in [2.75, 3.05) is 13.2 Å². The molecule has 0 heterocycles. The molecule has 2 atom stereocenters. The Labute approximate surface area is 406 Å². The van der Waals surface area contributed by atoms with Gasteiger partial charge >= 0.3 is 17.9 Å². The summed E-state index contributed by atoms with van der Waals surface area (Å²) in [5.74, 6) is 0.905. The van der Waals surface area contributed by atoms with Crippen molar-refractivity contribution in [1.82, 2.24) is 0 Å². The van der Waals surface area contributed by atoms with Crippen LogP contribution in [0, 0.1) is 11.8 Å².